The molecule has 3 aromatic rings. The number of likely N-dealkylation sites (N-methyl/N-ethyl adjacent to an activating group) is 1. The molecule has 0 unspecified atom stereocenters. The van der Waals surface area contributed by atoms with E-state index < -0.39 is 24.1 Å². The van der Waals surface area contributed by atoms with Crippen LogP contribution in [0.5, 0.6) is 11.5 Å². The van der Waals surface area contributed by atoms with Gasteiger partial charge in [-0.3, -0.25) is 14.4 Å². The van der Waals surface area contributed by atoms with Gasteiger partial charge in [0.25, 0.3) is 0 Å². The molecular weight excluding hydrogens is 453 g/mol. The van der Waals surface area contributed by atoms with Crippen LogP contribution in [-0.4, -0.2) is 69.1 Å². The van der Waals surface area contributed by atoms with Crippen LogP contribution in [0.1, 0.15) is 18.4 Å². The highest BCUT2D eigenvalue weighted by molar-refractivity contribution is 5.76. The van der Waals surface area contributed by atoms with Crippen LogP contribution < -0.4 is 14.8 Å². The van der Waals surface area contributed by atoms with Crippen LogP contribution in [0.4, 0.5) is 4.39 Å². The Labute approximate surface area is 203 Å². The van der Waals surface area contributed by atoms with E-state index in [9.17, 15) is 14.3 Å². The monoisotopic (exact) mass is 483 g/mol. The van der Waals surface area contributed by atoms with Crippen molar-refractivity contribution in [2.24, 2.45) is 0 Å². The number of carbonyl (C=O) groups excluding carboxylic acids is 1. The molecule has 1 fully saturated rings. The van der Waals surface area contributed by atoms with E-state index >= 15 is 0 Å². The van der Waals surface area contributed by atoms with E-state index in [0.717, 1.165) is 11.3 Å². The molecule has 0 aliphatic heterocycles. The molecule has 35 heavy (non-hydrogen) atoms. The standard InChI is InChI=1S/C25H30FN5O4/c1-30(14-17-6-8-19(34-2)9-7-17)24-21(29-23(32)10-11-31-16-27-15-28-31)13-22(25(24)33)35-20-5-3-4-18(26)12-20/h3-9,12,15-16,21-22,24-25,33H,10-11,13-14H2,1-2H3,(H,29,32)/t21-,22-,24+,25+/m1/s1. The van der Waals surface area contributed by atoms with Crippen LogP contribution in [0.2, 0.25) is 0 Å². The maximum atomic E-state index is 13.7. The van der Waals surface area contributed by atoms with Crippen molar-refractivity contribution in [3.05, 3.63) is 72.6 Å². The number of hydrogen-bond acceptors (Lipinski definition) is 7. The lowest BCUT2D eigenvalue weighted by molar-refractivity contribution is -0.122. The number of nitrogens with one attached hydrogen (secondary N) is 1. The van der Waals surface area contributed by atoms with Gasteiger partial charge in [-0.15, -0.1) is 0 Å². The van der Waals surface area contributed by atoms with Gasteiger partial charge in [0.05, 0.1) is 25.7 Å². The van der Waals surface area contributed by atoms with Gasteiger partial charge < -0.3 is 19.9 Å². The molecule has 0 spiro atoms. The average molecular weight is 484 g/mol. The Kier molecular flexibility index (Phi) is 7.94. The molecule has 1 aromatic heterocycles. The van der Waals surface area contributed by atoms with Crippen LogP contribution >= 0.6 is 0 Å². The van der Waals surface area contributed by atoms with Crippen molar-refractivity contribution in [2.45, 2.75) is 50.2 Å². The zero-order chi connectivity index (χ0) is 24.8. The predicted octanol–water partition coefficient (Wildman–Crippen LogP) is 2.01. The van der Waals surface area contributed by atoms with Gasteiger partial charge in [0.15, 0.2) is 0 Å². The second-order valence-electron chi connectivity index (χ2n) is 8.68. The van der Waals surface area contributed by atoms with Crippen molar-refractivity contribution >= 4 is 5.91 Å². The van der Waals surface area contributed by atoms with E-state index in [0.29, 0.717) is 25.3 Å². The Morgan fingerprint density at radius 3 is 2.74 bits per heavy atom. The number of aryl methyl sites for hydroxylation is 1. The fraction of sp³-hybridized carbons (Fsp3) is 0.400. The number of amides is 1. The van der Waals surface area contributed by atoms with Gasteiger partial charge in [0, 0.05) is 25.5 Å². The summed E-state index contributed by atoms with van der Waals surface area (Å²) in [6.07, 6.45) is 2.07. The SMILES string of the molecule is COc1ccc(CN(C)[C@@H]2[C@@H](O)[C@H](Oc3cccc(F)c3)C[C@H]2NC(=O)CCn2cncn2)cc1. The third-order valence-corrected chi connectivity index (χ3v) is 6.19. The van der Waals surface area contributed by atoms with Gasteiger partial charge in [-0.25, -0.2) is 9.37 Å². The Bertz CT molecular complexity index is 1100. The number of aromatic nitrogens is 3. The first-order valence-electron chi connectivity index (χ1n) is 11.5. The minimum absolute atomic E-state index is 0.160. The Balaban J connectivity index is 1.47. The molecule has 0 radical (unpaired) electrons. The molecule has 4 rings (SSSR count). The number of methoxy groups -OCH3 is 1. The van der Waals surface area contributed by atoms with Crippen molar-refractivity contribution in [1.29, 1.82) is 0 Å². The first-order chi connectivity index (χ1) is 16.9. The lowest BCUT2D eigenvalue weighted by atomic mass is 10.1. The highest BCUT2D eigenvalue weighted by atomic mass is 19.1. The van der Waals surface area contributed by atoms with Crippen molar-refractivity contribution < 1.29 is 23.8 Å². The third-order valence-electron chi connectivity index (χ3n) is 6.19. The van der Waals surface area contributed by atoms with Gasteiger partial charge in [-0.05, 0) is 36.9 Å². The molecule has 1 aliphatic carbocycles. The van der Waals surface area contributed by atoms with E-state index in [1.165, 1.54) is 18.5 Å². The van der Waals surface area contributed by atoms with Gasteiger partial charge in [-0.1, -0.05) is 18.2 Å². The zero-order valence-corrected chi connectivity index (χ0v) is 19.8. The van der Waals surface area contributed by atoms with E-state index in [1.54, 1.807) is 30.3 Å². The first-order valence-corrected chi connectivity index (χ1v) is 11.5. The van der Waals surface area contributed by atoms with E-state index in [-0.39, 0.29) is 18.4 Å². The maximum Gasteiger partial charge on any atom is 0.222 e. The number of halogens is 1. The Morgan fingerprint density at radius 1 is 1.26 bits per heavy atom. The number of ether oxygens (including phenoxy) is 2. The first kappa shape index (κ1) is 24.6. The predicted molar refractivity (Wildman–Crippen MR) is 126 cm³/mol. The molecule has 2 aromatic carbocycles. The molecule has 9 nitrogen and oxygen atoms in total. The van der Waals surface area contributed by atoms with Crippen LogP contribution in [0.15, 0.2) is 61.2 Å². The maximum absolute atomic E-state index is 13.7. The number of rotatable bonds is 10. The quantitative estimate of drug-likeness (QED) is 0.455. The van der Waals surface area contributed by atoms with Gasteiger partial charge in [0.1, 0.15) is 42.2 Å². The normalized spacial score (nSPS) is 21.7. The molecular formula is C25H30FN5O4. The van der Waals surface area contributed by atoms with E-state index in [2.05, 4.69) is 15.4 Å². The summed E-state index contributed by atoms with van der Waals surface area (Å²) in [4.78, 5) is 18.6. The molecule has 1 saturated carbocycles. The van der Waals surface area contributed by atoms with Crippen LogP contribution in [-0.2, 0) is 17.9 Å². The third kappa shape index (κ3) is 6.34. The largest absolute Gasteiger partial charge is 0.497 e. The van der Waals surface area contributed by atoms with Crippen molar-refractivity contribution in [3.63, 3.8) is 0 Å². The summed E-state index contributed by atoms with van der Waals surface area (Å²) in [5, 5.41) is 18.3. The number of aliphatic hydroxyl groups excluding tert-OH is 1. The minimum Gasteiger partial charge on any atom is -0.497 e. The summed E-state index contributed by atoms with van der Waals surface area (Å²) in [5.41, 5.74) is 1.03. The smallest absolute Gasteiger partial charge is 0.222 e. The van der Waals surface area contributed by atoms with E-state index in [4.69, 9.17) is 9.47 Å². The topological polar surface area (TPSA) is 102 Å². The second-order valence-corrected chi connectivity index (χ2v) is 8.68. The van der Waals surface area contributed by atoms with Crippen LogP contribution in [0.25, 0.3) is 0 Å². The van der Waals surface area contributed by atoms with Crippen molar-refractivity contribution in [2.75, 3.05) is 14.2 Å². The molecule has 10 heteroatoms. The number of aliphatic hydroxyl groups is 1. The minimum atomic E-state index is -0.901. The molecule has 1 heterocycles. The molecule has 1 aliphatic rings. The summed E-state index contributed by atoms with van der Waals surface area (Å²) in [7, 11) is 3.52. The number of benzene rings is 2. The summed E-state index contributed by atoms with van der Waals surface area (Å²) in [6.45, 7) is 0.945. The molecule has 186 valence electrons. The lowest BCUT2D eigenvalue weighted by Crippen LogP contribution is -2.52. The number of carbonyl (C=O) groups is 1. The Hall–Kier alpha value is -3.50. The molecule has 0 saturated heterocycles. The Morgan fingerprint density at radius 2 is 2.06 bits per heavy atom. The highest BCUT2D eigenvalue weighted by Crippen LogP contribution is 2.30. The van der Waals surface area contributed by atoms with Crippen LogP contribution in [0.3, 0.4) is 0 Å². The fourth-order valence-electron chi connectivity index (χ4n) is 4.50. The van der Waals surface area contributed by atoms with Gasteiger partial charge in [0.2, 0.25) is 5.91 Å². The van der Waals surface area contributed by atoms with E-state index in [1.807, 2.05) is 36.2 Å². The molecule has 4 atom stereocenters. The summed E-state index contributed by atoms with van der Waals surface area (Å²) < 4.78 is 26.4. The number of nitrogens with zero attached hydrogens (tertiary/aromatic N) is 4. The van der Waals surface area contributed by atoms with Crippen molar-refractivity contribution in [3.8, 4) is 11.5 Å². The van der Waals surface area contributed by atoms with Crippen molar-refractivity contribution in [1.82, 2.24) is 25.0 Å². The molecule has 1 amide bonds. The average Bonchev–Trinajstić information content (AvgIpc) is 3.46. The fourth-order valence-corrected chi connectivity index (χ4v) is 4.50. The second kappa shape index (κ2) is 11.3. The van der Waals surface area contributed by atoms with Gasteiger partial charge in [-0.2, -0.15) is 5.10 Å². The molecule has 2 N–H and O–H groups in total. The molecule has 0 bridgehead atoms. The zero-order valence-electron chi connectivity index (χ0n) is 19.8. The highest BCUT2D eigenvalue weighted by Gasteiger charge is 2.46. The summed E-state index contributed by atoms with van der Waals surface area (Å²) in [6, 6.07) is 12.7. The lowest BCUT2D eigenvalue weighted by Gasteiger charge is -2.32. The number of hydrogen-bond donors (Lipinski definition) is 2. The van der Waals surface area contributed by atoms with Crippen LogP contribution in [0, 0.1) is 5.82 Å². The summed E-state index contributed by atoms with van der Waals surface area (Å²) >= 11 is 0. The summed E-state index contributed by atoms with van der Waals surface area (Å²) in [5.74, 6) is 0.523. The van der Waals surface area contributed by atoms with Gasteiger partial charge >= 0.3 is 0 Å².